The molecule has 0 saturated carbocycles. The van der Waals surface area contributed by atoms with E-state index in [1.165, 1.54) is 0 Å². The molecule has 2 aromatic carbocycles. The maximum Gasteiger partial charge on any atom is 0.191 e. The molecule has 6 nitrogen and oxygen atoms in total. The number of nitrogens with one attached hydrogen (secondary N) is 2. The van der Waals surface area contributed by atoms with E-state index in [2.05, 4.69) is 21.7 Å². The van der Waals surface area contributed by atoms with Crippen molar-refractivity contribution in [3.63, 3.8) is 0 Å². The number of nitrogens with zero attached hydrogens (tertiary/aromatic N) is 1. The molecule has 3 rings (SSSR count). The molecular formula is C21H28IN3O3. The molecule has 28 heavy (non-hydrogen) atoms. The minimum Gasteiger partial charge on any atom is -0.504 e. The van der Waals surface area contributed by atoms with Gasteiger partial charge in [0.05, 0.1) is 19.8 Å². The summed E-state index contributed by atoms with van der Waals surface area (Å²) >= 11 is 0. The van der Waals surface area contributed by atoms with E-state index in [1.807, 2.05) is 37.3 Å². The summed E-state index contributed by atoms with van der Waals surface area (Å²) in [6.07, 6.45) is 1.52. The van der Waals surface area contributed by atoms with Gasteiger partial charge < -0.3 is 25.2 Å². The van der Waals surface area contributed by atoms with E-state index in [1.54, 1.807) is 13.2 Å². The topological polar surface area (TPSA) is 75.1 Å². The second-order valence-corrected chi connectivity index (χ2v) is 6.35. The number of rotatable bonds is 6. The Bertz CT molecular complexity index is 798. The Labute approximate surface area is 183 Å². The third kappa shape index (κ3) is 5.43. The zero-order valence-corrected chi connectivity index (χ0v) is 18.6. The quantitative estimate of drug-likeness (QED) is 0.323. The van der Waals surface area contributed by atoms with Crippen LogP contribution in [-0.2, 0) is 6.42 Å². The zero-order valence-electron chi connectivity index (χ0n) is 16.3. The van der Waals surface area contributed by atoms with Gasteiger partial charge >= 0.3 is 0 Å². The number of ether oxygens (including phenoxy) is 2. The molecule has 1 unspecified atom stereocenters. The number of methoxy groups -OCH3 is 1. The van der Waals surface area contributed by atoms with E-state index in [0.29, 0.717) is 25.3 Å². The molecule has 0 amide bonds. The molecule has 0 aliphatic carbocycles. The molecule has 0 radical (unpaired) electrons. The van der Waals surface area contributed by atoms with E-state index in [-0.39, 0.29) is 35.8 Å². The largest absolute Gasteiger partial charge is 0.504 e. The van der Waals surface area contributed by atoms with Crippen molar-refractivity contribution >= 4 is 29.9 Å². The standard InChI is InChI=1S/C21H27N3O3.HI/c1-3-22-21(23-13-11-15-7-6-10-19(26-2)20(15)25)24-17-12-14-27-18-9-5-4-8-16(17)18;/h4-10,17,25H,3,11-14H2,1-2H3,(H2,22,23,24);1H. The number of guanidine groups is 1. The molecule has 0 fully saturated rings. The molecule has 1 atom stereocenters. The van der Waals surface area contributed by atoms with Crippen LogP contribution in [0.4, 0.5) is 0 Å². The van der Waals surface area contributed by atoms with Gasteiger partial charge in [-0.3, -0.25) is 4.99 Å². The molecule has 1 aliphatic heterocycles. The predicted molar refractivity (Wildman–Crippen MR) is 122 cm³/mol. The van der Waals surface area contributed by atoms with Crippen molar-refractivity contribution in [1.29, 1.82) is 0 Å². The third-order valence-electron chi connectivity index (χ3n) is 4.57. The van der Waals surface area contributed by atoms with Crippen LogP contribution in [0.1, 0.15) is 30.5 Å². The van der Waals surface area contributed by atoms with Gasteiger partial charge in [-0.1, -0.05) is 30.3 Å². The summed E-state index contributed by atoms with van der Waals surface area (Å²) in [6, 6.07) is 13.8. The Hall–Kier alpha value is -2.16. The molecule has 0 spiro atoms. The summed E-state index contributed by atoms with van der Waals surface area (Å²) in [5, 5.41) is 17.0. The highest BCUT2D eigenvalue weighted by Crippen LogP contribution is 2.31. The van der Waals surface area contributed by atoms with Gasteiger partial charge in [-0.2, -0.15) is 0 Å². The lowest BCUT2D eigenvalue weighted by molar-refractivity contribution is 0.261. The maximum absolute atomic E-state index is 10.2. The van der Waals surface area contributed by atoms with Gasteiger partial charge in [0.25, 0.3) is 0 Å². The first-order valence-corrected chi connectivity index (χ1v) is 9.34. The third-order valence-corrected chi connectivity index (χ3v) is 4.57. The number of fused-ring (bicyclic) bond motifs is 1. The zero-order chi connectivity index (χ0) is 19.1. The minimum absolute atomic E-state index is 0. The highest BCUT2D eigenvalue weighted by atomic mass is 127. The average Bonchev–Trinajstić information content (AvgIpc) is 2.69. The summed E-state index contributed by atoms with van der Waals surface area (Å²) in [6.45, 7) is 4.07. The van der Waals surface area contributed by atoms with Crippen molar-refractivity contribution in [2.75, 3.05) is 26.8 Å². The van der Waals surface area contributed by atoms with Crippen LogP contribution in [-0.4, -0.2) is 37.9 Å². The number of phenols is 1. The summed E-state index contributed by atoms with van der Waals surface area (Å²) < 4.78 is 10.9. The van der Waals surface area contributed by atoms with Gasteiger partial charge in [-0.05, 0) is 31.0 Å². The normalized spacial score (nSPS) is 15.6. The van der Waals surface area contributed by atoms with Gasteiger partial charge in [-0.15, -0.1) is 24.0 Å². The van der Waals surface area contributed by atoms with Gasteiger partial charge in [0.15, 0.2) is 17.5 Å². The highest BCUT2D eigenvalue weighted by molar-refractivity contribution is 14.0. The number of benzene rings is 2. The van der Waals surface area contributed by atoms with Crippen LogP contribution in [0, 0.1) is 0 Å². The molecule has 1 aliphatic rings. The van der Waals surface area contributed by atoms with Crippen LogP contribution in [0.5, 0.6) is 17.2 Å². The van der Waals surface area contributed by atoms with E-state index < -0.39 is 0 Å². The summed E-state index contributed by atoms with van der Waals surface area (Å²) in [7, 11) is 1.55. The monoisotopic (exact) mass is 497 g/mol. The fraction of sp³-hybridized carbons (Fsp3) is 0.381. The minimum atomic E-state index is 0. The van der Waals surface area contributed by atoms with E-state index in [4.69, 9.17) is 9.47 Å². The maximum atomic E-state index is 10.2. The number of aliphatic imine (C=N–C) groups is 1. The van der Waals surface area contributed by atoms with Crippen LogP contribution in [0.3, 0.4) is 0 Å². The Balaban J connectivity index is 0.00000280. The Morgan fingerprint density at radius 2 is 2.07 bits per heavy atom. The van der Waals surface area contributed by atoms with Crippen LogP contribution in [0.25, 0.3) is 0 Å². The lowest BCUT2D eigenvalue weighted by atomic mass is 10.0. The fourth-order valence-electron chi connectivity index (χ4n) is 3.20. The first kappa shape index (κ1) is 22.1. The van der Waals surface area contributed by atoms with E-state index >= 15 is 0 Å². The molecular weight excluding hydrogens is 469 g/mol. The summed E-state index contributed by atoms with van der Waals surface area (Å²) in [5.41, 5.74) is 1.98. The predicted octanol–water partition coefficient (Wildman–Crippen LogP) is 3.64. The lowest BCUT2D eigenvalue weighted by Crippen LogP contribution is -2.41. The number of phenolic OH excluding ortho intramolecular Hbond substituents is 1. The Morgan fingerprint density at radius 1 is 1.25 bits per heavy atom. The summed E-state index contributed by atoms with van der Waals surface area (Å²) in [4.78, 5) is 4.67. The first-order chi connectivity index (χ1) is 13.2. The molecule has 2 aromatic rings. The van der Waals surface area contributed by atoms with Gasteiger partial charge in [0.1, 0.15) is 5.75 Å². The lowest BCUT2D eigenvalue weighted by Gasteiger charge is -2.28. The molecule has 1 heterocycles. The summed E-state index contributed by atoms with van der Waals surface area (Å²) in [5.74, 6) is 2.37. The molecule has 3 N–H and O–H groups in total. The molecule has 0 aromatic heterocycles. The molecule has 152 valence electrons. The molecule has 0 bridgehead atoms. The van der Waals surface area contributed by atoms with Crippen molar-refractivity contribution in [2.24, 2.45) is 4.99 Å². The van der Waals surface area contributed by atoms with Crippen molar-refractivity contribution in [1.82, 2.24) is 10.6 Å². The van der Waals surface area contributed by atoms with Gasteiger partial charge in [-0.25, -0.2) is 0 Å². The van der Waals surface area contributed by atoms with E-state index in [9.17, 15) is 5.11 Å². The van der Waals surface area contributed by atoms with Crippen LogP contribution >= 0.6 is 24.0 Å². The van der Waals surface area contributed by atoms with E-state index in [0.717, 1.165) is 35.8 Å². The Morgan fingerprint density at radius 3 is 2.86 bits per heavy atom. The van der Waals surface area contributed by atoms with Crippen LogP contribution in [0.2, 0.25) is 0 Å². The first-order valence-electron chi connectivity index (χ1n) is 9.34. The van der Waals surface area contributed by atoms with Gasteiger partial charge in [0.2, 0.25) is 0 Å². The van der Waals surface area contributed by atoms with Gasteiger partial charge in [0, 0.05) is 25.1 Å². The number of para-hydroxylation sites is 2. The SMILES string of the molecule is CCNC(=NCCc1cccc(OC)c1O)NC1CCOc2ccccc21.I. The fourth-order valence-corrected chi connectivity index (χ4v) is 3.20. The number of halogens is 1. The van der Waals surface area contributed by atoms with Crippen molar-refractivity contribution in [3.8, 4) is 17.2 Å². The smallest absolute Gasteiger partial charge is 0.191 e. The highest BCUT2D eigenvalue weighted by Gasteiger charge is 2.21. The molecule has 0 saturated heterocycles. The Kier molecular flexibility index (Phi) is 8.69. The number of hydrogen-bond donors (Lipinski definition) is 3. The second kappa shape index (κ2) is 11.0. The van der Waals surface area contributed by atoms with Crippen molar-refractivity contribution in [2.45, 2.75) is 25.8 Å². The van der Waals surface area contributed by atoms with Crippen molar-refractivity contribution < 1.29 is 14.6 Å². The number of aromatic hydroxyl groups is 1. The van der Waals surface area contributed by atoms with Crippen LogP contribution < -0.4 is 20.1 Å². The second-order valence-electron chi connectivity index (χ2n) is 6.35. The number of hydrogen-bond acceptors (Lipinski definition) is 4. The van der Waals surface area contributed by atoms with Crippen LogP contribution in [0.15, 0.2) is 47.5 Å². The average molecular weight is 497 g/mol. The van der Waals surface area contributed by atoms with Crippen molar-refractivity contribution in [3.05, 3.63) is 53.6 Å². The molecule has 7 heteroatoms.